The van der Waals surface area contributed by atoms with Crippen molar-refractivity contribution < 1.29 is 19.1 Å². The first-order valence-corrected chi connectivity index (χ1v) is 6.23. The predicted octanol–water partition coefficient (Wildman–Crippen LogP) is 2.48. The van der Waals surface area contributed by atoms with Crippen molar-refractivity contribution in [1.82, 2.24) is 0 Å². The number of rotatable bonds is 3. The number of carbonyl (C=O) groups excluding carboxylic acids is 2. The van der Waals surface area contributed by atoms with E-state index in [1.807, 2.05) is 18.2 Å². The molecule has 1 aliphatic rings. The SMILES string of the molecule is O=COCc1ccc2c(c1)C(=O)c1ccccc1CO2. The molecule has 4 heteroatoms. The largest absolute Gasteiger partial charge is 0.488 e. The fourth-order valence-corrected chi connectivity index (χ4v) is 2.27. The first kappa shape index (κ1) is 12.4. The van der Waals surface area contributed by atoms with Gasteiger partial charge in [0, 0.05) is 11.1 Å². The first-order valence-electron chi connectivity index (χ1n) is 6.23. The lowest BCUT2D eigenvalue weighted by Gasteiger charge is -2.08. The Morgan fingerprint density at radius 2 is 2.00 bits per heavy atom. The Morgan fingerprint density at radius 1 is 1.15 bits per heavy atom. The number of fused-ring (bicyclic) bond motifs is 2. The zero-order valence-corrected chi connectivity index (χ0v) is 10.7. The summed E-state index contributed by atoms with van der Waals surface area (Å²) in [5.74, 6) is 0.488. The molecule has 0 spiro atoms. The van der Waals surface area contributed by atoms with E-state index in [9.17, 15) is 9.59 Å². The average molecular weight is 268 g/mol. The molecule has 0 bridgehead atoms. The minimum absolute atomic E-state index is 0.0685. The minimum atomic E-state index is -0.0685. The van der Waals surface area contributed by atoms with Crippen LogP contribution in [-0.4, -0.2) is 12.3 Å². The fraction of sp³-hybridized carbons (Fsp3) is 0.125. The van der Waals surface area contributed by atoms with Gasteiger partial charge in [0.15, 0.2) is 5.78 Å². The lowest BCUT2D eigenvalue weighted by atomic mass is 9.98. The standard InChI is InChI=1S/C16H12O4/c17-10-19-8-11-5-6-15-14(7-11)16(18)13-4-2-1-3-12(13)9-20-15/h1-7,10H,8-9H2. The average Bonchev–Trinajstić information content (AvgIpc) is 2.63. The van der Waals surface area contributed by atoms with E-state index < -0.39 is 0 Å². The summed E-state index contributed by atoms with van der Waals surface area (Å²) in [5, 5.41) is 0. The molecule has 20 heavy (non-hydrogen) atoms. The van der Waals surface area contributed by atoms with Gasteiger partial charge in [-0.15, -0.1) is 0 Å². The van der Waals surface area contributed by atoms with E-state index in [1.54, 1.807) is 24.3 Å². The molecule has 2 aromatic rings. The number of hydrogen-bond acceptors (Lipinski definition) is 4. The quantitative estimate of drug-likeness (QED) is 0.802. The van der Waals surface area contributed by atoms with Gasteiger partial charge in [-0.2, -0.15) is 0 Å². The Kier molecular flexibility index (Phi) is 3.21. The second-order valence-electron chi connectivity index (χ2n) is 4.51. The van der Waals surface area contributed by atoms with Crippen LogP contribution >= 0.6 is 0 Å². The number of ketones is 1. The zero-order valence-electron chi connectivity index (χ0n) is 10.7. The molecule has 0 saturated heterocycles. The van der Waals surface area contributed by atoms with Crippen LogP contribution in [0.2, 0.25) is 0 Å². The number of benzene rings is 2. The smallest absolute Gasteiger partial charge is 0.293 e. The van der Waals surface area contributed by atoms with Crippen LogP contribution in [0.4, 0.5) is 0 Å². The minimum Gasteiger partial charge on any atom is -0.488 e. The summed E-state index contributed by atoms with van der Waals surface area (Å²) in [6.07, 6.45) is 0. The van der Waals surface area contributed by atoms with Crippen molar-refractivity contribution in [2.24, 2.45) is 0 Å². The van der Waals surface area contributed by atoms with E-state index in [1.165, 1.54) is 0 Å². The van der Waals surface area contributed by atoms with E-state index in [-0.39, 0.29) is 12.4 Å². The molecule has 0 N–H and O–H groups in total. The van der Waals surface area contributed by atoms with Gasteiger partial charge in [-0.05, 0) is 17.7 Å². The van der Waals surface area contributed by atoms with Crippen molar-refractivity contribution in [3.63, 3.8) is 0 Å². The summed E-state index contributed by atoms with van der Waals surface area (Å²) < 4.78 is 10.4. The molecular weight excluding hydrogens is 256 g/mol. The van der Waals surface area contributed by atoms with E-state index in [4.69, 9.17) is 9.47 Å². The molecule has 4 nitrogen and oxygen atoms in total. The van der Waals surface area contributed by atoms with Crippen LogP contribution in [0.3, 0.4) is 0 Å². The summed E-state index contributed by atoms with van der Waals surface area (Å²) in [6, 6.07) is 12.6. The lowest BCUT2D eigenvalue weighted by Crippen LogP contribution is -2.03. The highest BCUT2D eigenvalue weighted by Gasteiger charge is 2.22. The monoisotopic (exact) mass is 268 g/mol. The summed E-state index contributed by atoms with van der Waals surface area (Å²) in [6.45, 7) is 0.907. The summed E-state index contributed by atoms with van der Waals surface area (Å²) in [7, 11) is 0. The van der Waals surface area contributed by atoms with Gasteiger partial charge >= 0.3 is 0 Å². The second kappa shape index (κ2) is 5.17. The first-order chi connectivity index (χ1) is 9.79. The van der Waals surface area contributed by atoms with E-state index in [2.05, 4.69) is 0 Å². The van der Waals surface area contributed by atoms with Crippen LogP contribution in [0.15, 0.2) is 42.5 Å². The van der Waals surface area contributed by atoms with Gasteiger partial charge in [0.25, 0.3) is 6.47 Å². The van der Waals surface area contributed by atoms with Crippen molar-refractivity contribution in [2.75, 3.05) is 0 Å². The Hall–Kier alpha value is -2.62. The molecule has 0 amide bonds. The second-order valence-corrected chi connectivity index (χ2v) is 4.51. The van der Waals surface area contributed by atoms with Gasteiger partial charge in [-0.25, -0.2) is 0 Å². The van der Waals surface area contributed by atoms with Gasteiger partial charge in [-0.1, -0.05) is 30.3 Å². The molecule has 3 rings (SSSR count). The van der Waals surface area contributed by atoms with Gasteiger partial charge < -0.3 is 9.47 Å². The van der Waals surface area contributed by atoms with Crippen LogP contribution in [0.5, 0.6) is 5.75 Å². The Labute approximate surface area is 115 Å². The third-order valence-corrected chi connectivity index (χ3v) is 3.25. The Morgan fingerprint density at radius 3 is 2.85 bits per heavy atom. The Bertz CT molecular complexity index is 676. The van der Waals surface area contributed by atoms with Crippen molar-refractivity contribution >= 4 is 12.3 Å². The highest BCUT2D eigenvalue weighted by atomic mass is 16.5. The van der Waals surface area contributed by atoms with Gasteiger partial charge in [0.2, 0.25) is 0 Å². The highest BCUT2D eigenvalue weighted by molar-refractivity contribution is 6.12. The van der Waals surface area contributed by atoms with Crippen molar-refractivity contribution in [2.45, 2.75) is 13.2 Å². The molecule has 0 fully saturated rings. The Balaban J connectivity index is 2.04. The molecule has 0 unspecified atom stereocenters. The molecule has 0 aromatic heterocycles. The molecule has 0 saturated carbocycles. The molecule has 0 atom stereocenters. The van der Waals surface area contributed by atoms with Crippen LogP contribution in [-0.2, 0) is 22.7 Å². The topological polar surface area (TPSA) is 52.6 Å². The molecule has 1 aliphatic heterocycles. The van der Waals surface area contributed by atoms with Crippen LogP contribution in [0.25, 0.3) is 0 Å². The highest BCUT2D eigenvalue weighted by Crippen LogP contribution is 2.29. The third-order valence-electron chi connectivity index (χ3n) is 3.25. The fourth-order valence-electron chi connectivity index (χ4n) is 2.27. The maximum absolute atomic E-state index is 12.6. The van der Waals surface area contributed by atoms with Gasteiger partial charge in [0.05, 0.1) is 5.56 Å². The molecular formula is C16H12O4. The number of carbonyl (C=O) groups is 2. The maximum atomic E-state index is 12.6. The van der Waals surface area contributed by atoms with Crippen LogP contribution in [0, 0.1) is 0 Å². The van der Waals surface area contributed by atoms with Crippen LogP contribution < -0.4 is 4.74 Å². The third kappa shape index (κ3) is 2.16. The van der Waals surface area contributed by atoms with E-state index >= 15 is 0 Å². The van der Waals surface area contributed by atoms with Crippen molar-refractivity contribution in [1.29, 1.82) is 0 Å². The lowest BCUT2D eigenvalue weighted by molar-refractivity contribution is -0.129. The van der Waals surface area contributed by atoms with Crippen molar-refractivity contribution in [3.05, 3.63) is 64.7 Å². The zero-order chi connectivity index (χ0) is 13.9. The number of hydrogen-bond donors (Lipinski definition) is 0. The molecule has 2 aromatic carbocycles. The maximum Gasteiger partial charge on any atom is 0.293 e. The molecule has 0 aliphatic carbocycles. The summed E-state index contributed by atoms with van der Waals surface area (Å²) >= 11 is 0. The molecule has 1 heterocycles. The van der Waals surface area contributed by atoms with E-state index in [0.717, 1.165) is 11.1 Å². The van der Waals surface area contributed by atoms with E-state index in [0.29, 0.717) is 30.0 Å². The van der Waals surface area contributed by atoms with Crippen LogP contribution in [0.1, 0.15) is 27.0 Å². The van der Waals surface area contributed by atoms with Gasteiger partial charge in [0.1, 0.15) is 19.0 Å². The number of ether oxygens (including phenoxy) is 2. The predicted molar refractivity (Wildman–Crippen MR) is 71.5 cm³/mol. The normalized spacial score (nSPS) is 12.7. The molecule has 0 radical (unpaired) electrons. The molecule has 100 valence electrons. The van der Waals surface area contributed by atoms with Gasteiger partial charge in [-0.3, -0.25) is 9.59 Å². The summed E-state index contributed by atoms with van der Waals surface area (Å²) in [5.41, 5.74) is 2.79. The summed E-state index contributed by atoms with van der Waals surface area (Å²) in [4.78, 5) is 22.8. The van der Waals surface area contributed by atoms with Crippen molar-refractivity contribution in [3.8, 4) is 5.75 Å².